The minimum atomic E-state index is -4.68. The number of hydrogen-bond acceptors (Lipinski definition) is 4. The van der Waals surface area contributed by atoms with Crippen LogP contribution < -0.4 is 10.9 Å². The van der Waals surface area contributed by atoms with Crippen molar-refractivity contribution in [3.05, 3.63) is 68.8 Å². The fraction of sp³-hybridized carbons (Fsp3) is 0.118. The molecular weight excluding hydrogens is 387 g/mol. The minimum Gasteiger partial charge on any atom is -0.360 e. The molecule has 0 spiro atoms. The standard InChI is InChI=1S/C17H11ClF3N3O3/c1-8-13(14(24-27-8)10-4-2-3-5-11(10)18)16(26)23-12-6-9(17(19,20)21)7-22-15(12)25/h2-7H,1H3,(H,22,25)(H,23,26). The largest absolute Gasteiger partial charge is 0.417 e. The monoisotopic (exact) mass is 397 g/mol. The molecule has 0 unspecified atom stereocenters. The lowest BCUT2D eigenvalue weighted by molar-refractivity contribution is -0.137. The van der Waals surface area contributed by atoms with Crippen LogP contribution in [0.25, 0.3) is 11.3 Å². The van der Waals surface area contributed by atoms with Crippen molar-refractivity contribution in [3.63, 3.8) is 0 Å². The normalized spacial score (nSPS) is 11.4. The van der Waals surface area contributed by atoms with Gasteiger partial charge in [-0.05, 0) is 19.1 Å². The van der Waals surface area contributed by atoms with Crippen LogP contribution in [0.4, 0.5) is 18.9 Å². The number of anilines is 1. The number of carbonyl (C=O) groups excluding carboxylic acids is 1. The summed E-state index contributed by atoms with van der Waals surface area (Å²) < 4.78 is 43.5. The molecule has 0 bridgehead atoms. The zero-order chi connectivity index (χ0) is 19.8. The summed E-state index contributed by atoms with van der Waals surface area (Å²) in [7, 11) is 0. The highest BCUT2D eigenvalue weighted by Crippen LogP contribution is 2.32. The number of halogens is 4. The molecular formula is C17H11ClF3N3O3. The number of nitrogens with zero attached hydrogens (tertiary/aromatic N) is 1. The highest BCUT2D eigenvalue weighted by Gasteiger charge is 2.32. The molecule has 2 heterocycles. The van der Waals surface area contributed by atoms with E-state index in [0.717, 1.165) is 0 Å². The number of nitrogens with one attached hydrogen (secondary N) is 2. The Morgan fingerprint density at radius 1 is 1.30 bits per heavy atom. The van der Waals surface area contributed by atoms with E-state index in [0.29, 0.717) is 22.8 Å². The van der Waals surface area contributed by atoms with Crippen LogP contribution in [0.15, 0.2) is 45.8 Å². The number of alkyl halides is 3. The molecule has 2 aromatic heterocycles. The first-order valence-electron chi connectivity index (χ1n) is 7.51. The molecule has 0 atom stereocenters. The first-order chi connectivity index (χ1) is 12.7. The number of H-pyrrole nitrogens is 1. The molecule has 0 fully saturated rings. The topological polar surface area (TPSA) is 88.0 Å². The van der Waals surface area contributed by atoms with Gasteiger partial charge >= 0.3 is 6.18 Å². The lowest BCUT2D eigenvalue weighted by Crippen LogP contribution is -2.22. The van der Waals surface area contributed by atoms with E-state index in [1.165, 1.54) is 6.92 Å². The summed E-state index contributed by atoms with van der Waals surface area (Å²) in [5, 5.41) is 6.27. The van der Waals surface area contributed by atoms with Crippen LogP contribution in [0.1, 0.15) is 21.7 Å². The van der Waals surface area contributed by atoms with Crippen molar-refractivity contribution >= 4 is 23.2 Å². The number of aromatic nitrogens is 2. The van der Waals surface area contributed by atoms with Gasteiger partial charge < -0.3 is 14.8 Å². The van der Waals surface area contributed by atoms with Crippen LogP contribution in [0, 0.1) is 6.92 Å². The van der Waals surface area contributed by atoms with E-state index in [1.807, 2.05) is 4.98 Å². The zero-order valence-corrected chi connectivity index (χ0v) is 14.4. The summed E-state index contributed by atoms with van der Waals surface area (Å²) in [6, 6.07) is 7.09. The van der Waals surface area contributed by atoms with Crippen LogP contribution >= 0.6 is 11.6 Å². The number of pyridine rings is 1. The summed E-state index contributed by atoms with van der Waals surface area (Å²) in [6.45, 7) is 1.46. The molecule has 140 valence electrons. The Balaban J connectivity index is 2.01. The molecule has 0 saturated carbocycles. The van der Waals surface area contributed by atoms with Gasteiger partial charge in [0.1, 0.15) is 22.7 Å². The van der Waals surface area contributed by atoms with Crippen molar-refractivity contribution in [1.82, 2.24) is 10.1 Å². The van der Waals surface area contributed by atoms with Crippen LogP contribution in [-0.4, -0.2) is 16.0 Å². The van der Waals surface area contributed by atoms with Crippen LogP contribution in [0.2, 0.25) is 5.02 Å². The van der Waals surface area contributed by atoms with Crippen molar-refractivity contribution in [2.24, 2.45) is 0 Å². The third-order valence-corrected chi connectivity index (χ3v) is 4.03. The van der Waals surface area contributed by atoms with Gasteiger partial charge in [0, 0.05) is 11.8 Å². The number of hydrogen-bond donors (Lipinski definition) is 2. The third kappa shape index (κ3) is 3.72. The van der Waals surface area contributed by atoms with Gasteiger partial charge in [0.2, 0.25) is 0 Å². The van der Waals surface area contributed by atoms with E-state index in [2.05, 4.69) is 10.5 Å². The van der Waals surface area contributed by atoms with Crippen molar-refractivity contribution in [2.75, 3.05) is 5.32 Å². The molecule has 10 heteroatoms. The Hall–Kier alpha value is -3.07. The second-order valence-electron chi connectivity index (χ2n) is 5.53. The minimum absolute atomic E-state index is 0.0417. The smallest absolute Gasteiger partial charge is 0.360 e. The molecule has 0 aliphatic heterocycles. The Labute approximate surface area is 154 Å². The zero-order valence-electron chi connectivity index (χ0n) is 13.6. The quantitative estimate of drug-likeness (QED) is 0.691. The van der Waals surface area contributed by atoms with Crippen molar-refractivity contribution < 1.29 is 22.5 Å². The van der Waals surface area contributed by atoms with Gasteiger partial charge in [-0.25, -0.2) is 0 Å². The molecule has 3 rings (SSSR count). The van der Waals surface area contributed by atoms with E-state index in [4.69, 9.17) is 16.1 Å². The number of rotatable bonds is 3. The van der Waals surface area contributed by atoms with Crippen LogP contribution in [0.3, 0.4) is 0 Å². The molecule has 0 aliphatic rings. The molecule has 0 aliphatic carbocycles. The first kappa shape index (κ1) is 18.7. The lowest BCUT2D eigenvalue weighted by atomic mass is 10.1. The van der Waals surface area contributed by atoms with Gasteiger partial charge in [0.05, 0.1) is 10.6 Å². The maximum absolute atomic E-state index is 12.8. The predicted octanol–water partition coefficient (Wildman–Crippen LogP) is 4.26. The summed E-state index contributed by atoms with van der Waals surface area (Å²) in [6.07, 6.45) is -4.16. The third-order valence-electron chi connectivity index (χ3n) is 3.70. The predicted molar refractivity (Wildman–Crippen MR) is 91.7 cm³/mol. The average molecular weight is 398 g/mol. The maximum atomic E-state index is 12.8. The summed E-state index contributed by atoms with van der Waals surface area (Å²) in [5.74, 6) is -0.737. The SMILES string of the molecule is Cc1onc(-c2ccccc2Cl)c1C(=O)Nc1cc(C(F)(F)F)c[nH]c1=O. The Morgan fingerprint density at radius 2 is 2.00 bits per heavy atom. The van der Waals surface area contributed by atoms with E-state index in [-0.39, 0.29) is 17.0 Å². The Kier molecular flexibility index (Phi) is 4.79. The lowest BCUT2D eigenvalue weighted by Gasteiger charge is -2.09. The second kappa shape index (κ2) is 6.92. The van der Waals surface area contributed by atoms with E-state index in [1.54, 1.807) is 24.3 Å². The molecule has 3 aromatic rings. The molecule has 0 radical (unpaired) electrons. The summed E-state index contributed by atoms with van der Waals surface area (Å²) >= 11 is 6.11. The second-order valence-corrected chi connectivity index (χ2v) is 5.93. The maximum Gasteiger partial charge on any atom is 0.417 e. The molecule has 27 heavy (non-hydrogen) atoms. The van der Waals surface area contributed by atoms with Gasteiger partial charge in [-0.3, -0.25) is 9.59 Å². The van der Waals surface area contributed by atoms with Gasteiger partial charge in [0.25, 0.3) is 11.5 Å². The van der Waals surface area contributed by atoms with Crippen LogP contribution in [-0.2, 0) is 6.18 Å². The number of benzene rings is 1. The fourth-order valence-electron chi connectivity index (χ4n) is 2.40. The van der Waals surface area contributed by atoms with Gasteiger partial charge in [0.15, 0.2) is 0 Å². The number of aryl methyl sites for hydroxylation is 1. The van der Waals surface area contributed by atoms with Gasteiger partial charge in [-0.1, -0.05) is 35.0 Å². The number of aromatic amines is 1. The number of amides is 1. The molecule has 1 amide bonds. The summed E-state index contributed by atoms with van der Waals surface area (Å²) in [5.41, 5.74) is -2.07. The summed E-state index contributed by atoms with van der Waals surface area (Å²) in [4.78, 5) is 26.4. The van der Waals surface area contributed by atoms with E-state index < -0.39 is 28.9 Å². The molecule has 1 aromatic carbocycles. The van der Waals surface area contributed by atoms with Gasteiger partial charge in [-0.2, -0.15) is 13.2 Å². The highest BCUT2D eigenvalue weighted by atomic mass is 35.5. The number of carbonyl (C=O) groups is 1. The Bertz CT molecular complexity index is 1070. The molecule has 6 nitrogen and oxygen atoms in total. The van der Waals surface area contributed by atoms with E-state index in [9.17, 15) is 22.8 Å². The molecule has 2 N–H and O–H groups in total. The highest BCUT2D eigenvalue weighted by molar-refractivity contribution is 6.33. The van der Waals surface area contributed by atoms with Crippen molar-refractivity contribution in [3.8, 4) is 11.3 Å². The fourth-order valence-corrected chi connectivity index (χ4v) is 2.63. The van der Waals surface area contributed by atoms with Gasteiger partial charge in [-0.15, -0.1) is 0 Å². The average Bonchev–Trinajstić information content (AvgIpc) is 2.97. The first-order valence-corrected chi connectivity index (χ1v) is 7.88. The Morgan fingerprint density at radius 3 is 2.67 bits per heavy atom. The van der Waals surface area contributed by atoms with E-state index >= 15 is 0 Å². The van der Waals surface area contributed by atoms with Crippen LogP contribution in [0.5, 0.6) is 0 Å². The molecule has 0 saturated heterocycles. The van der Waals surface area contributed by atoms with Crippen molar-refractivity contribution in [2.45, 2.75) is 13.1 Å². The van der Waals surface area contributed by atoms with Crippen molar-refractivity contribution in [1.29, 1.82) is 0 Å².